The first kappa shape index (κ1) is 9.96. The molecule has 0 bridgehead atoms. The first-order valence-electron chi connectivity index (χ1n) is 5.46. The molecule has 0 spiro atoms. The van der Waals surface area contributed by atoms with E-state index in [1.165, 1.54) is 0 Å². The van der Waals surface area contributed by atoms with Crippen molar-refractivity contribution in [2.45, 2.75) is 0 Å². The molecule has 3 rings (SSSR count). The molecule has 0 aliphatic rings. The normalized spacial score (nSPS) is 11.2. The van der Waals surface area contributed by atoms with Crippen LogP contribution < -0.4 is 5.56 Å². The van der Waals surface area contributed by atoms with Gasteiger partial charge in [-0.3, -0.25) is 4.79 Å². The van der Waals surface area contributed by atoms with Crippen molar-refractivity contribution >= 4 is 10.9 Å². The van der Waals surface area contributed by atoms with Gasteiger partial charge in [-0.2, -0.15) is 0 Å². The molecule has 0 unspecified atom stereocenters. The maximum atomic E-state index is 11.8. The maximum absolute atomic E-state index is 11.8. The van der Waals surface area contributed by atoms with Crippen LogP contribution >= 0.6 is 0 Å². The summed E-state index contributed by atoms with van der Waals surface area (Å²) >= 11 is 0. The van der Waals surface area contributed by atoms with Crippen molar-refractivity contribution in [3.05, 3.63) is 47.1 Å². The van der Waals surface area contributed by atoms with E-state index in [0.717, 1.165) is 16.6 Å². The highest BCUT2D eigenvalue weighted by molar-refractivity contribution is 5.85. The first-order chi connectivity index (χ1) is 8.16. The summed E-state index contributed by atoms with van der Waals surface area (Å²) in [5.41, 5.74) is 2.83. The van der Waals surface area contributed by atoms with Gasteiger partial charge in [-0.15, -0.1) is 0 Å². The van der Waals surface area contributed by atoms with E-state index in [4.69, 9.17) is 0 Å². The van der Waals surface area contributed by atoms with Crippen LogP contribution in [0.2, 0.25) is 0 Å². The monoisotopic (exact) mass is 227 g/mol. The van der Waals surface area contributed by atoms with Crippen LogP contribution in [0.25, 0.3) is 22.2 Å². The Labute approximate surface area is 98.1 Å². The average Bonchev–Trinajstić information content (AvgIpc) is 2.84. The van der Waals surface area contributed by atoms with Crippen molar-refractivity contribution in [3.8, 4) is 11.3 Å². The molecule has 3 aromatic heterocycles. The number of nitrogens with zero attached hydrogens (tertiary/aromatic N) is 2. The highest BCUT2D eigenvalue weighted by Gasteiger charge is 2.10. The lowest BCUT2D eigenvalue weighted by Gasteiger charge is -2.00. The molecule has 0 aromatic carbocycles. The zero-order valence-corrected chi connectivity index (χ0v) is 9.77. The third-order valence-electron chi connectivity index (χ3n) is 3.08. The molecule has 0 saturated carbocycles. The van der Waals surface area contributed by atoms with Crippen LogP contribution in [0.3, 0.4) is 0 Å². The van der Waals surface area contributed by atoms with E-state index in [1.807, 2.05) is 53.8 Å². The summed E-state index contributed by atoms with van der Waals surface area (Å²) in [4.78, 5) is 14.5. The van der Waals surface area contributed by atoms with Crippen molar-refractivity contribution in [1.29, 1.82) is 0 Å². The Morgan fingerprint density at radius 1 is 1.24 bits per heavy atom. The lowest BCUT2D eigenvalue weighted by Crippen LogP contribution is -2.08. The predicted molar refractivity (Wildman–Crippen MR) is 67.9 cm³/mol. The minimum atomic E-state index is -0.0489. The first-order valence-corrected chi connectivity index (χ1v) is 5.46. The van der Waals surface area contributed by atoms with E-state index in [-0.39, 0.29) is 5.56 Å². The van der Waals surface area contributed by atoms with Crippen LogP contribution in [0.1, 0.15) is 0 Å². The molecule has 0 aliphatic carbocycles. The van der Waals surface area contributed by atoms with Crippen molar-refractivity contribution < 1.29 is 0 Å². The molecule has 0 radical (unpaired) electrons. The van der Waals surface area contributed by atoms with Gasteiger partial charge in [0.15, 0.2) is 0 Å². The molecule has 4 heteroatoms. The molecule has 4 nitrogen and oxygen atoms in total. The predicted octanol–water partition coefficient (Wildman–Crippen LogP) is 1.87. The summed E-state index contributed by atoms with van der Waals surface area (Å²) in [6.45, 7) is 0. The number of aryl methyl sites for hydroxylation is 2. The zero-order chi connectivity index (χ0) is 12.0. The summed E-state index contributed by atoms with van der Waals surface area (Å²) in [6, 6.07) is 6.01. The van der Waals surface area contributed by atoms with Crippen LogP contribution in [-0.2, 0) is 14.1 Å². The minimum absolute atomic E-state index is 0.0489. The van der Waals surface area contributed by atoms with Crippen LogP contribution in [0.5, 0.6) is 0 Å². The van der Waals surface area contributed by atoms with E-state index in [0.29, 0.717) is 5.52 Å². The summed E-state index contributed by atoms with van der Waals surface area (Å²) < 4.78 is 3.93. The van der Waals surface area contributed by atoms with Crippen molar-refractivity contribution in [2.24, 2.45) is 14.1 Å². The zero-order valence-electron chi connectivity index (χ0n) is 9.77. The van der Waals surface area contributed by atoms with Gasteiger partial charge in [0.1, 0.15) is 5.52 Å². The van der Waals surface area contributed by atoms with E-state index in [9.17, 15) is 4.79 Å². The van der Waals surface area contributed by atoms with E-state index in [1.54, 1.807) is 6.20 Å². The number of aromatic nitrogens is 3. The molecule has 3 heterocycles. The van der Waals surface area contributed by atoms with Crippen LogP contribution in [0, 0.1) is 0 Å². The number of nitrogens with one attached hydrogen (secondary N) is 1. The Morgan fingerprint density at radius 3 is 2.71 bits per heavy atom. The summed E-state index contributed by atoms with van der Waals surface area (Å²) in [7, 11) is 3.90. The molecule has 0 aliphatic heterocycles. The van der Waals surface area contributed by atoms with Gasteiger partial charge in [0.25, 0.3) is 5.56 Å². The summed E-state index contributed by atoms with van der Waals surface area (Å²) in [6.07, 6.45) is 5.72. The molecule has 0 saturated heterocycles. The minimum Gasteiger partial charge on any atom is -0.357 e. The third kappa shape index (κ3) is 1.41. The second-order valence-electron chi connectivity index (χ2n) is 4.26. The Kier molecular flexibility index (Phi) is 1.98. The standard InChI is InChI=1S/C13H13N3O/c1-15-6-4-10(8-15)11-7-9-3-5-14-13(17)12(9)16(11)2/h3-8H,1-2H3,(H,14,17). The number of hydrogen-bond acceptors (Lipinski definition) is 1. The number of fused-ring (bicyclic) bond motifs is 1. The number of H-pyrrole nitrogens is 1. The fourth-order valence-electron chi connectivity index (χ4n) is 2.24. The molecule has 0 atom stereocenters. The molecular formula is C13H13N3O. The number of rotatable bonds is 1. The highest BCUT2D eigenvalue weighted by atomic mass is 16.1. The Balaban J connectivity index is 2.35. The van der Waals surface area contributed by atoms with Gasteiger partial charge < -0.3 is 14.1 Å². The number of hydrogen-bond donors (Lipinski definition) is 1. The van der Waals surface area contributed by atoms with Crippen LogP contribution in [0.15, 0.2) is 41.6 Å². The van der Waals surface area contributed by atoms with Crippen LogP contribution in [0.4, 0.5) is 0 Å². The summed E-state index contributed by atoms with van der Waals surface area (Å²) in [5, 5.41) is 0.968. The second-order valence-corrected chi connectivity index (χ2v) is 4.26. The molecular weight excluding hydrogens is 214 g/mol. The van der Waals surface area contributed by atoms with Crippen molar-refractivity contribution in [3.63, 3.8) is 0 Å². The van der Waals surface area contributed by atoms with Gasteiger partial charge in [0.2, 0.25) is 0 Å². The molecule has 86 valence electrons. The Hall–Kier alpha value is -2.23. The quantitative estimate of drug-likeness (QED) is 0.677. The fourth-order valence-corrected chi connectivity index (χ4v) is 2.24. The van der Waals surface area contributed by atoms with Gasteiger partial charge in [-0.05, 0) is 18.2 Å². The molecule has 0 amide bonds. The van der Waals surface area contributed by atoms with E-state index < -0.39 is 0 Å². The number of pyridine rings is 1. The molecule has 0 fully saturated rings. The summed E-state index contributed by atoms with van der Waals surface area (Å²) in [5.74, 6) is 0. The SMILES string of the molecule is Cn1ccc(-c2cc3cc[nH]c(=O)c3n2C)c1. The highest BCUT2D eigenvalue weighted by Crippen LogP contribution is 2.25. The van der Waals surface area contributed by atoms with Gasteiger partial charge in [0, 0.05) is 43.6 Å². The average molecular weight is 227 g/mol. The van der Waals surface area contributed by atoms with Gasteiger partial charge in [-0.1, -0.05) is 0 Å². The Bertz CT molecular complexity index is 745. The largest absolute Gasteiger partial charge is 0.357 e. The second kappa shape index (κ2) is 3.38. The lowest BCUT2D eigenvalue weighted by molar-refractivity contribution is 0.924. The van der Waals surface area contributed by atoms with Crippen molar-refractivity contribution in [1.82, 2.24) is 14.1 Å². The van der Waals surface area contributed by atoms with Crippen molar-refractivity contribution in [2.75, 3.05) is 0 Å². The molecule has 17 heavy (non-hydrogen) atoms. The smallest absolute Gasteiger partial charge is 0.272 e. The topological polar surface area (TPSA) is 42.7 Å². The maximum Gasteiger partial charge on any atom is 0.272 e. The molecule has 3 aromatic rings. The van der Waals surface area contributed by atoms with Crippen LogP contribution in [-0.4, -0.2) is 14.1 Å². The third-order valence-corrected chi connectivity index (χ3v) is 3.08. The number of aromatic amines is 1. The van der Waals surface area contributed by atoms with Gasteiger partial charge in [-0.25, -0.2) is 0 Å². The lowest BCUT2D eigenvalue weighted by atomic mass is 10.2. The van der Waals surface area contributed by atoms with E-state index >= 15 is 0 Å². The fraction of sp³-hybridized carbons (Fsp3) is 0.154. The van der Waals surface area contributed by atoms with E-state index in [2.05, 4.69) is 4.98 Å². The van der Waals surface area contributed by atoms with Gasteiger partial charge >= 0.3 is 0 Å². The van der Waals surface area contributed by atoms with Gasteiger partial charge in [0.05, 0.1) is 5.69 Å². The molecule has 1 N–H and O–H groups in total. The Morgan fingerprint density at radius 2 is 2.06 bits per heavy atom.